The third-order valence-corrected chi connectivity index (χ3v) is 5.58. The van der Waals surface area contributed by atoms with Gasteiger partial charge in [-0.15, -0.1) is 11.3 Å². The van der Waals surface area contributed by atoms with Crippen LogP contribution in [0.25, 0.3) is 11.5 Å². The normalized spacial score (nSPS) is 17.8. The van der Waals surface area contributed by atoms with E-state index in [9.17, 15) is 0 Å². The number of aromatic amines is 1. The second kappa shape index (κ2) is 7.10. The molecule has 1 aromatic carbocycles. The van der Waals surface area contributed by atoms with Crippen molar-refractivity contribution >= 4 is 34.5 Å². The average Bonchev–Trinajstić information content (AvgIpc) is 2.88. The first-order chi connectivity index (χ1) is 11.7. The number of halogens is 2. The molecule has 25 heavy (non-hydrogen) atoms. The summed E-state index contributed by atoms with van der Waals surface area (Å²) in [6.45, 7) is 8.51. The van der Waals surface area contributed by atoms with Crippen LogP contribution in [0.5, 0.6) is 0 Å². The number of thiazole rings is 1. The minimum atomic E-state index is 0.439. The van der Waals surface area contributed by atoms with Gasteiger partial charge < -0.3 is 4.98 Å². The number of H-pyrrole nitrogens is 1. The zero-order chi connectivity index (χ0) is 18.2. The molecule has 1 N–H and O–H groups in total. The maximum absolute atomic E-state index is 5.93. The van der Waals surface area contributed by atoms with Gasteiger partial charge in [-0.25, -0.2) is 9.97 Å². The zero-order valence-corrected chi connectivity index (χ0v) is 17.1. The van der Waals surface area contributed by atoms with Gasteiger partial charge in [0.15, 0.2) is 5.82 Å². The van der Waals surface area contributed by atoms with Crippen molar-refractivity contribution in [2.45, 2.75) is 40.0 Å². The smallest absolute Gasteiger partial charge is 0.157 e. The van der Waals surface area contributed by atoms with Crippen LogP contribution in [0.3, 0.4) is 0 Å². The molecule has 3 aromatic rings. The van der Waals surface area contributed by atoms with E-state index in [1.54, 1.807) is 17.4 Å². The molecule has 1 fully saturated rings. The first kappa shape index (κ1) is 18.4. The molecule has 0 amide bonds. The average molecular weight is 394 g/mol. The standard InChI is InChI=1S/C11H12Cl2.C8H9N3S/c1-11(2)6-10(11)7-3-8(12)5-9(13)4-7;1-5-3-9-8(10-5)7-4-12-6(2)11-7/h3-5,10H,6H2,1-2H3;3-4H,1-2H3,(H,9,10). The molecule has 132 valence electrons. The maximum atomic E-state index is 5.93. The summed E-state index contributed by atoms with van der Waals surface area (Å²) in [6, 6.07) is 5.82. The lowest BCUT2D eigenvalue weighted by molar-refractivity contribution is 0.622. The largest absolute Gasteiger partial charge is 0.341 e. The monoisotopic (exact) mass is 393 g/mol. The molecule has 1 aliphatic carbocycles. The lowest BCUT2D eigenvalue weighted by atomic mass is 10.0. The molecule has 0 spiro atoms. The molecule has 4 rings (SSSR count). The lowest BCUT2D eigenvalue weighted by Crippen LogP contribution is -1.89. The van der Waals surface area contributed by atoms with Gasteiger partial charge >= 0.3 is 0 Å². The van der Waals surface area contributed by atoms with Crippen molar-refractivity contribution in [1.82, 2.24) is 15.0 Å². The minimum Gasteiger partial charge on any atom is -0.341 e. The van der Waals surface area contributed by atoms with Crippen LogP contribution in [0.15, 0.2) is 29.8 Å². The highest BCUT2D eigenvalue weighted by molar-refractivity contribution is 7.09. The van der Waals surface area contributed by atoms with Crippen molar-refractivity contribution in [2.24, 2.45) is 5.41 Å². The second-order valence-corrected chi connectivity index (χ2v) is 9.05. The number of aromatic nitrogens is 3. The van der Waals surface area contributed by atoms with Gasteiger partial charge in [0.05, 0.1) is 5.01 Å². The summed E-state index contributed by atoms with van der Waals surface area (Å²) >= 11 is 13.5. The summed E-state index contributed by atoms with van der Waals surface area (Å²) in [5.74, 6) is 1.50. The Bertz CT molecular complexity index is 824. The topological polar surface area (TPSA) is 41.6 Å². The van der Waals surface area contributed by atoms with Crippen LogP contribution in [0.1, 0.15) is 42.5 Å². The Balaban J connectivity index is 0.000000146. The predicted molar refractivity (Wildman–Crippen MR) is 107 cm³/mol. The highest BCUT2D eigenvalue weighted by Gasteiger charge is 2.46. The molecule has 0 radical (unpaired) electrons. The summed E-state index contributed by atoms with van der Waals surface area (Å²) in [7, 11) is 0. The second-order valence-electron chi connectivity index (χ2n) is 7.11. The third-order valence-electron chi connectivity index (χ3n) is 4.37. The van der Waals surface area contributed by atoms with Crippen molar-refractivity contribution in [1.29, 1.82) is 0 Å². The molecule has 0 bridgehead atoms. The SMILES string of the molecule is CC1(C)CC1c1cc(Cl)cc(Cl)c1.Cc1cnc(-c2csc(C)n2)[nH]1. The molecule has 0 saturated heterocycles. The summed E-state index contributed by atoms with van der Waals surface area (Å²) in [4.78, 5) is 11.6. The van der Waals surface area contributed by atoms with Crippen molar-refractivity contribution in [2.75, 3.05) is 0 Å². The van der Waals surface area contributed by atoms with E-state index in [2.05, 4.69) is 28.8 Å². The van der Waals surface area contributed by atoms with Crippen LogP contribution in [0.4, 0.5) is 0 Å². The Kier molecular flexibility index (Phi) is 5.24. The van der Waals surface area contributed by atoms with E-state index < -0.39 is 0 Å². The number of hydrogen-bond donors (Lipinski definition) is 1. The molecule has 1 unspecified atom stereocenters. The Morgan fingerprint density at radius 2 is 1.80 bits per heavy atom. The number of nitrogens with one attached hydrogen (secondary N) is 1. The molecule has 1 atom stereocenters. The van der Waals surface area contributed by atoms with E-state index in [4.69, 9.17) is 23.2 Å². The van der Waals surface area contributed by atoms with Gasteiger partial charge in [0.25, 0.3) is 0 Å². The first-order valence-electron chi connectivity index (χ1n) is 8.15. The summed E-state index contributed by atoms with van der Waals surface area (Å²) < 4.78 is 0. The highest BCUT2D eigenvalue weighted by Crippen LogP contribution is 2.58. The van der Waals surface area contributed by atoms with E-state index in [-0.39, 0.29) is 0 Å². The van der Waals surface area contributed by atoms with Gasteiger partial charge in [-0.3, -0.25) is 0 Å². The molecule has 2 heterocycles. The van der Waals surface area contributed by atoms with Crippen LogP contribution >= 0.6 is 34.5 Å². The molecule has 2 aromatic heterocycles. The van der Waals surface area contributed by atoms with Gasteiger partial charge in [0, 0.05) is 27.3 Å². The quantitative estimate of drug-likeness (QED) is 0.528. The minimum absolute atomic E-state index is 0.439. The van der Waals surface area contributed by atoms with Gasteiger partial charge in [0.1, 0.15) is 5.69 Å². The Morgan fingerprint density at radius 3 is 2.24 bits per heavy atom. The van der Waals surface area contributed by atoms with Crippen LogP contribution < -0.4 is 0 Å². The number of benzene rings is 1. The molecule has 6 heteroatoms. The fourth-order valence-corrected chi connectivity index (χ4v) is 3.97. The molecule has 0 aliphatic heterocycles. The van der Waals surface area contributed by atoms with Crippen molar-refractivity contribution in [3.8, 4) is 11.5 Å². The van der Waals surface area contributed by atoms with E-state index in [0.29, 0.717) is 11.3 Å². The third kappa shape index (κ3) is 4.63. The van der Waals surface area contributed by atoms with E-state index in [1.807, 2.05) is 37.6 Å². The van der Waals surface area contributed by atoms with Gasteiger partial charge in [0.2, 0.25) is 0 Å². The molecule has 3 nitrogen and oxygen atoms in total. The first-order valence-corrected chi connectivity index (χ1v) is 9.78. The van der Waals surface area contributed by atoms with Crippen LogP contribution in [0.2, 0.25) is 10.0 Å². The number of aryl methyl sites for hydroxylation is 2. The molecule has 1 saturated carbocycles. The van der Waals surface area contributed by atoms with Gasteiger partial charge in [-0.2, -0.15) is 0 Å². The Hall–Kier alpha value is -1.36. The fourth-order valence-electron chi connectivity index (χ4n) is 2.83. The molecular weight excluding hydrogens is 373 g/mol. The zero-order valence-electron chi connectivity index (χ0n) is 14.7. The van der Waals surface area contributed by atoms with Crippen LogP contribution in [0, 0.1) is 19.3 Å². The fraction of sp³-hybridized carbons (Fsp3) is 0.368. The molecule has 1 aliphatic rings. The van der Waals surface area contributed by atoms with Crippen molar-refractivity contribution in [3.05, 3.63) is 56.1 Å². The van der Waals surface area contributed by atoms with Crippen LogP contribution in [-0.2, 0) is 0 Å². The molecular formula is C19H21Cl2N3S. The van der Waals surface area contributed by atoms with Gasteiger partial charge in [-0.1, -0.05) is 37.0 Å². The lowest BCUT2D eigenvalue weighted by Gasteiger charge is -2.04. The van der Waals surface area contributed by atoms with Crippen molar-refractivity contribution in [3.63, 3.8) is 0 Å². The summed E-state index contributed by atoms with van der Waals surface area (Å²) in [5, 5.41) is 4.56. The summed E-state index contributed by atoms with van der Waals surface area (Å²) in [5.41, 5.74) is 3.72. The number of imidazole rings is 1. The van der Waals surface area contributed by atoms with Crippen molar-refractivity contribution < 1.29 is 0 Å². The van der Waals surface area contributed by atoms with E-state index >= 15 is 0 Å². The van der Waals surface area contributed by atoms with Crippen LogP contribution in [-0.4, -0.2) is 15.0 Å². The maximum Gasteiger partial charge on any atom is 0.157 e. The van der Waals surface area contributed by atoms with E-state index in [1.165, 1.54) is 12.0 Å². The number of nitrogens with zero attached hydrogens (tertiary/aromatic N) is 2. The number of hydrogen-bond acceptors (Lipinski definition) is 3. The number of rotatable bonds is 2. The van der Waals surface area contributed by atoms with Gasteiger partial charge in [-0.05, 0) is 55.4 Å². The highest BCUT2D eigenvalue weighted by atomic mass is 35.5. The predicted octanol–water partition coefficient (Wildman–Crippen LogP) is 6.66. The summed E-state index contributed by atoms with van der Waals surface area (Å²) in [6.07, 6.45) is 3.05. The Morgan fingerprint density at radius 1 is 1.16 bits per heavy atom. The Labute approximate surface area is 162 Å². The van der Waals surface area contributed by atoms with E-state index in [0.717, 1.165) is 32.3 Å².